The van der Waals surface area contributed by atoms with Gasteiger partial charge in [-0.1, -0.05) is 6.92 Å². The van der Waals surface area contributed by atoms with Gasteiger partial charge in [-0.25, -0.2) is 4.99 Å². The van der Waals surface area contributed by atoms with Crippen LogP contribution in [0.3, 0.4) is 0 Å². The zero-order valence-electron chi connectivity index (χ0n) is 13.3. The van der Waals surface area contributed by atoms with Crippen LogP contribution in [0.25, 0.3) is 0 Å². The third-order valence-electron chi connectivity index (χ3n) is 3.52. The second-order valence-electron chi connectivity index (χ2n) is 5.68. The van der Waals surface area contributed by atoms with Gasteiger partial charge in [-0.3, -0.25) is 0 Å². The predicted molar refractivity (Wildman–Crippen MR) is 86.0 cm³/mol. The SMILES string of the molecule is CC1CCCN(/C(N)=N/C(N)=Nc2ccc(OC(F)(F)F)cc2)C1. The Kier molecular flexibility index (Phi) is 5.53. The molecule has 9 heteroatoms. The van der Waals surface area contributed by atoms with Gasteiger partial charge in [0.05, 0.1) is 5.69 Å². The molecular weight excluding hydrogens is 323 g/mol. The Hall–Kier alpha value is -2.45. The number of aliphatic imine (C=N–C) groups is 2. The molecule has 2 rings (SSSR count). The van der Waals surface area contributed by atoms with Gasteiger partial charge in [0.2, 0.25) is 5.96 Å². The zero-order chi connectivity index (χ0) is 17.7. The number of hydrogen-bond donors (Lipinski definition) is 2. The fraction of sp³-hybridized carbons (Fsp3) is 0.467. The van der Waals surface area contributed by atoms with Crippen LogP contribution in [-0.4, -0.2) is 36.3 Å². The van der Waals surface area contributed by atoms with E-state index in [1.54, 1.807) is 0 Å². The van der Waals surface area contributed by atoms with Crippen LogP contribution in [0.1, 0.15) is 19.8 Å². The summed E-state index contributed by atoms with van der Waals surface area (Å²) < 4.78 is 40.1. The summed E-state index contributed by atoms with van der Waals surface area (Å²) in [6.07, 6.45) is -2.54. The van der Waals surface area contributed by atoms with Crippen LogP contribution >= 0.6 is 0 Å². The summed E-state index contributed by atoms with van der Waals surface area (Å²) in [5.41, 5.74) is 12.0. The minimum absolute atomic E-state index is 0.0600. The lowest BCUT2D eigenvalue weighted by Gasteiger charge is -2.31. The van der Waals surface area contributed by atoms with E-state index in [0.717, 1.165) is 38.1 Å². The number of hydrogen-bond acceptors (Lipinski definition) is 2. The molecule has 0 radical (unpaired) electrons. The topological polar surface area (TPSA) is 89.2 Å². The lowest BCUT2D eigenvalue weighted by atomic mass is 10.0. The number of nitrogens with zero attached hydrogens (tertiary/aromatic N) is 3. The minimum Gasteiger partial charge on any atom is -0.406 e. The molecule has 6 nitrogen and oxygen atoms in total. The summed E-state index contributed by atoms with van der Waals surface area (Å²) in [5, 5.41) is 0. The van der Waals surface area contributed by atoms with Gasteiger partial charge in [0, 0.05) is 13.1 Å². The molecule has 1 aromatic carbocycles. The third kappa shape index (κ3) is 5.64. The number of likely N-dealkylation sites (tertiary alicyclic amines) is 1. The van der Waals surface area contributed by atoms with E-state index in [4.69, 9.17) is 11.5 Å². The monoisotopic (exact) mass is 343 g/mol. The second-order valence-corrected chi connectivity index (χ2v) is 5.68. The van der Waals surface area contributed by atoms with E-state index >= 15 is 0 Å². The Bertz CT molecular complexity index is 613. The molecule has 1 aliphatic heterocycles. The maximum Gasteiger partial charge on any atom is 0.573 e. The quantitative estimate of drug-likeness (QED) is 0.638. The number of rotatable bonds is 2. The molecule has 0 saturated carbocycles. The standard InChI is InChI=1S/C15H20F3N5O/c1-10-3-2-8-23(9-10)14(20)22-13(19)21-11-4-6-12(7-5-11)24-15(16,17)18/h4-7,10H,2-3,8-9H2,1H3,(H4,19,20,21,22). The normalized spacial score (nSPS) is 20.2. The smallest absolute Gasteiger partial charge is 0.406 e. The zero-order valence-corrected chi connectivity index (χ0v) is 13.3. The van der Waals surface area contributed by atoms with E-state index in [1.807, 2.05) is 4.90 Å². The van der Waals surface area contributed by atoms with Crippen molar-refractivity contribution in [1.82, 2.24) is 4.90 Å². The van der Waals surface area contributed by atoms with E-state index in [0.29, 0.717) is 17.6 Å². The van der Waals surface area contributed by atoms with Gasteiger partial charge < -0.3 is 21.1 Å². The molecule has 1 saturated heterocycles. The van der Waals surface area contributed by atoms with Crippen molar-refractivity contribution in [3.05, 3.63) is 24.3 Å². The first kappa shape index (κ1) is 17.9. The first-order valence-electron chi connectivity index (χ1n) is 7.52. The van der Waals surface area contributed by atoms with Crippen LogP contribution in [-0.2, 0) is 0 Å². The molecule has 132 valence electrons. The molecule has 1 unspecified atom stereocenters. The number of piperidine rings is 1. The van der Waals surface area contributed by atoms with Crippen LogP contribution in [0.2, 0.25) is 0 Å². The molecule has 0 spiro atoms. The molecule has 0 amide bonds. The van der Waals surface area contributed by atoms with Gasteiger partial charge in [-0.2, -0.15) is 4.99 Å². The maximum absolute atomic E-state index is 12.1. The highest BCUT2D eigenvalue weighted by molar-refractivity contribution is 5.94. The Morgan fingerprint density at radius 3 is 2.50 bits per heavy atom. The van der Waals surface area contributed by atoms with Gasteiger partial charge in [0.25, 0.3) is 0 Å². The lowest BCUT2D eigenvalue weighted by molar-refractivity contribution is -0.274. The minimum atomic E-state index is -4.73. The summed E-state index contributed by atoms with van der Waals surface area (Å²) in [6.45, 7) is 3.77. The third-order valence-corrected chi connectivity index (χ3v) is 3.52. The average molecular weight is 343 g/mol. The highest BCUT2D eigenvalue weighted by atomic mass is 19.4. The number of benzene rings is 1. The molecule has 1 aromatic rings. The lowest BCUT2D eigenvalue weighted by Crippen LogP contribution is -2.44. The van der Waals surface area contributed by atoms with Crippen LogP contribution in [0.5, 0.6) is 5.75 Å². The van der Waals surface area contributed by atoms with E-state index in [1.165, 1.54) is 12.1 Å². The first-order valence-corrected chi connectivity index (χ1v) is 7.52. The summed E-state index contributed by atoms with van der Waals surface area (Å²) >= 11 is 0. The molecule has 4 N–H and O–H groups in total. The van der Waals surface area contributed by atoms with Gasteiger partial charge in [-0.15, -0.1) is 13.2 Å². The van der Waals surface area contributed by atoms with Crippen molar-refractivity contribution < 1.29 is 17.9 Å². The summed E-state index contributed by atoms with van der Waals surface area (Å²) in [4.78, 5) is 10.0. The molecule has 0 aromatic heterocycles. The average Bonchev–Trinajstić information content (AvgIpc) is 2.47. The molecule has 0 bridgehead atoms. The second kappa shape index (κ2) is 7.41. The summed E-state index contributed by atoms with van der Waals surface area (Å²) in [5.74, 6) is 0.437. The number of guanidine groups is 2. The fourth-order valence-electron chi connectivity index (χ4n) is 2.47. The van der Waals surface area contributed by atoms with Crippen LogP contribution in [0, 0.1) is 5.92 Å². The Balaban J connectivity index is 2.03. The first-order chi connectivity index (χ1) is 11.2. The van der Waals surface area contributed by atoms with Crippen molar-refractivity contribution >= 4 is 17.6 Å². The van der Waals surface area contributed by atoms with E-state index in [-0.39, 0.29) is 11.7 Å². The molecule has 1 aliphatic rings. The Labute approximate surface area is 138 Å². The van der Waals surface area contributed by atoms with Gasteiger partial charge in [0.1, 0.15) is 5.75 Å². The van der Waals surface area contributed by atoms with Crippen LogP contribution in [0.4, 0.5) is 18.9 Å². The molecular formula is C15H20F3N5O. The number of halogens is 3. The van der Waals surface area contributed by atoms with Gasteiger partial charge in [-0.05, 0) is 43.0 Å². The fourth-order valence-corrected chi connectivity index (χ4v) is 2.47. The van der Waals surface area contributed by atoms with Crippen molar-refractivity contribution in [1.29, 1.82) is 0 Å². The van der Waals surface area contributed by atoms with Gasteiger partial charge >= 0.3 is 6.36 Å². The molecule has 0 aliphatic carbocycles. The highest BCUT2D eigenvalue weighted by Crippen LogP contribution is 2.24. The van der Waals surface area contributed by atoms with E-state index in [2.05, 4.69) is 21.6 Å². The number of ether oxygens (including phenoxy) is 1. The Morgan fingerprint density at radius 1 is 1.25 bits per heavy atom. The Morgan fingerprint density at radius 2 is 1.92 bits per heavy atom. The molecule has 24 heavy (non-hydrogen) atoms. The summed E-state index contributed by atoms with van der Waals surface area (Å²) in [6, 6.07) is 5.00. The summed E-state index contributed by atoms with van der Waals surface area (Å²) in [7, 11) is 0. The highest BCUT2D eigenvalue weighted by Gasteiger charge is 2.30. The van der Waals surface area contributed by atoms with Crippen LogP contribution in [0.15, 0.2) is 34.3 Å². The van der Waals surface area contributed by atoms with Crippen molar-refractivity contribution in [2.75, 3.05) is 13.1 Å². The van der Waals surface area contributed by atoms with Crippen LogP contribution < -0.4 is 16.2 Å². The largest absolute Gasteiger partial charge is 0.573 e. The van der Waals surface area contributed by atoms with Crippen molar-refractivity contribution in [3.8, 4) is 5.75 Å². The van der Waals surface area contributed by atoms with Crippen molar-refractivity contribution in [2.24, 2.45) is 27.4 Å². The maximum atomic E-state index is 12.1. The predicted octanol–water partition coefficient (Wildman–Crippen LogP) is 2.58. The molecule has 1 heterocycles. The van der Waals surface area contributed by atoms with E-state index in [9.17, 15) is 13.2 Å². The number of alkyl halides is 3. The van der Waals surface area contributed by atoms with Gasteiger partial charge in [0.15, 0.2) is 5.96 Å². The van der Waals surface area contributed by atoms with Crippen molar-refractivity contribution in [2.45, 2.75) is 26.1 Å². The molecule has 1 atom stereocenters. The molecule has 1 fully saturated rings. The number of nitrogens with two attached hydrogens (primary N) is 2. The van der Waals surface area contributed by atoms with Crippen molar-refractivity contribution in [3.63, 3.8) is 0 Å². The van der Waals surface area contributed by atoms with E-state index < -0.39 is 6.36 Å².